The summed E-state index contributed by atoms with van der Waals surface area (Å²) in [6, 6.07) is 4.60. The van der Waals surface area contributed by atoms with E-state index >= 15 is 0 Å². The van der Waals surface area contributed by atoms with Gasteiger partial charge in [-0.25, -0.2) is 4.98 Å². The third-order valence-electron chi connectivity index (χ3n) is 4.14. The molecule has 0 bridgehead atoms. The number of anilines is 1. The van der Waals surface area contributed by atoms with E-state index in [-0.39, 0.29) is 6.04 Å². The molecular weight excluding hydrogens is 234 g/mol. The van der Waals surface area contributed by atoms with Crippen LogP contribution in [0.1, 0.15) is 45.1 Å². The van der Waals surface area contributed by atoms with Gasteiger partial charge in [0.25, 0.3) is 0 Å². The normalized spacial score (nSPS) is 20.8. The lowest BCUT2D eigenvalue weighted by molar-refractivity contribution is 0.529. The van der Waals surface area contributed by atoms with Gasteiger partial charge in [0, 0.05) is 25.3 Å². The molecule has 3 nitrogen and oxygen atoms in total. The topological polar surface area (TPSA) is 42.1 Å². The van der Waals surface area contributed by atoms with Crippen molar-refractivity contribution >= 4 is 5.82 Å². The van der Waals surface area contributed by atoms with E-state index in [0.29, 0.717) is 0 Å². The predicted octanol–water partition coefficient (Wildman–Crippen LogP) is 2.99. The highest BCUT2D eigenvalue weighted by atomic mass is 15.2. The van der Waals surface area contributed by atoms with Gasteiger partial charge in [0.2, 0.25) is 0 Å². The van der Waals surface area contributed by atoms with E-state index in [0.717, 1.165) is 31.1 Å². The first kappa shape index (κ1) is 14.3. The van der Waals surface area contributed by atoms with Crippen LogP contribution in [0, 0.1) is 5.92 Å². The van der Waals surface area contributed by atoms with E-state index in [1.807, 2.05) is 6.20 Å². The second kappa shape index (κ2) is 6.90. The molecule has 106 valence electrons. The third kappa shape index (κ3) is 3.93. The number of hydrogen-bond acceptors (Lipinski definition) is 3. The molecule has 1 aromatic heterocycles. The van der Waals surface area contributed by atoms with Gasteiger partial charge in [-0.15, -0.1) is 0 Å². The van der Waals surface area contributed by atoms with Gasteiger partial charge in [-0.3, -0.25) is 0 Å². The predicted molar refractivity (Wildman–Crippen MR) is 81.4 cm³/mol. The highest BCUT2D eigenvalue weighted by Crippen LogP contribution is 2.25. The minimum atomic E-state index is 0.258. The van der Waals surface area contributed by atoms with Crippen molar-refractivity contribution in [3.63, 3.8) is 0 Å². The standard InChI is InChI=1S/C16H27N3/c1-3-5-13-8-9-19(12-13)16-7-6-14(11-18-16)10-15(17)4-2/h6-7,11,13,15H,3-5,8-10,12,17H2,1-2H3. The lowest BCUT2D eigenvalue weighted by Crippen LogP contribution is -2.22. The van der Waals surface area contributed by atoms with Gasteiger partial charge in [0.15, 0.2) is 0 Å². The van der Waals surface area contributed by atoms with Crippen molar-refractivity contribution in [2.24, 2.45) is 11.7 Å². The van der Waals surface area contributed by atoms with Crippen molar-refractivity contribution in [1.29, 1.82) is 0 Å². The van der Waals surface area contributed by atoms with Gasteiger partial charge in [-0.05, 0) is 43.2 Å². The van der Waals surface area contributed by atoms with Crippen LogP contribution in [-0.4, -0.2) is 24.1 Å². The Kier molecular flexibility index (Phi) is 5.20. The smallest absolute Gasteiger partial charge is 0.128 e. The fraction of sp³-hybridized carbons (Fsp3) is 0.688. The summed E-state index contributed by atoms with van der Waals surface area (Å²) in [5.74, 6) is 1.99. The molecule has 2 heterocycles. The molecular formula is C16H27N3. The van der Waals surface area contributed by atoms with E-state index in [2.05, 4.69) is 35.9 Å². The maximum absolute atomic E-state index is 5.98. The lowest BCUT2D eigenvalue weighted by atomic mass is 10.0. The molecule has 0 spiro atoms. The van der Waals surface area contributed by atoms with E-state index in [9.17, 15) is 0 Å². The molecule has 3 heteroatoms. The number of hydrogen-bond donors (Lipinski definition) is 1. The SMILES string of the molecule is CCCC1CCN(c2ccc(CC(N)CC)cn2)C1. The Labute approximate surface area is 117 Å². The molecule has 2 N–H and O–H groups in total. The van der Waals surface area contributed by atoms with Crippen LogP contribution in [-0.2, 0) is 6.42 Å². The average molecular weight is 261 g/mol. The van der Waals surface area contributed by atoms with Crippen LogP contribution < -0.4 is 10.6 Å². The molecule has 1 saturated heterocycles. The number of rotatable bonds is 6. The van der Waals surface area contributed by atoms with Gasteiger partial charge in [0.05, 0.1) is 0 Å². The molecule has 1 aromatic rings. The Bertz CT molecular complexity index is 374. The Balaban J connectivity index is 1.92. The number of pyridine rings is 1. The van der Waals surface area contributed by atoms with Crippen LogP contribution in [0.3, 0.4) is 0 Å². The number of aromatic nitrogens is 1. The van der Waals surface area contributed by atoms with Crippen LogP contribution in [0.15, 0.2) is 18.3 Å². The van der Waals surface area contributed by atoms with Gasteiger partial charge < -0.3 is 10.6 Å². The molecule has 0 radical (unpaired) electrons. The highest BCUT2D eigenvalue weighted by Gasteiger charge is 2.22. The van der Waals surface area contributed by atoms with Crippen molar-refractivity contribution in [3.8, 4) is 0 Å². The largest absolute Gasteiger partial charge is 0.356 e. The van der Waals surface area contributed by atoms with Crippen molar-refractivity contribution in [1.82, 2.24) is 4.98 Å². The molecule has 0 aliphatic carbocycles. The number of nitrogens with two attached hydrogens (primary N) is 1. The number of nitrogens with zero attached hydrogens (tertiary/aromatic N) is 2. The molecule has 1 fully saturated rings. The Morgan fingerprint density at radius 3 is 2.89 bits per heavy atom. The first-order valence-electron chi connectivity index (χ1n) is 7.68. The monoisotopic (exact) mass is 261 g/mol. The first-order valence-corrected chi connectivity index (χ1v) is 7.68. The third-order valence-corrected chi connectivity index (χ3v) is 4.14. The van der Waals surface area contributed by atoms with Gasteiger partial charge in [-0.2, -0.15) is 0 Å². The molecule has 0 aromatic carbocycles. The zero-order valence-corrected chi connectivity index (χ0v) is 12.3. The zero-order valence-electron chi connectivity index (χ0n) is 12.3. The molecule has 1 aliphatic heterocycles. The maximum Gasteiger partial charge on any atom is 0.128 e. The molecule has 1 aliphatic rings. The highest BCUT2D eigenvalue weighted by molar-refractivity contribution is 5.40. The van der Waals surface area contributed by atoms with Crippen molar-refractivity contribution < 1.29 is 0 Å². The van der Waals surface area contributed by atoms with E-state index in [1.165, 1.54) is 31.4 Å². The molecule has 2 atom stereocenters. The minimum Gasteiger partial charge on any atom is -0.356 e. The summed E-state index contributed by atoms with van der Waals surface area (Å²) in [7, 11) is 0. The molecule has 19 heavy (non-hydrogen) atoms. The summed E-state index contributed by atoms with van der Waals surface area (Å²) in [6.45, 7) is 6.73. The zero-order chi connectivity index (χ0) is 13.7. The molecule has 2 unspecified atom stereocenters. The summed E-state index contributed by atoms with van der Waals surface area (Å²) < 4.78 is 0. The van der Waals surface area contributed by atoms with Crippen molar-refractivity contribution in [2.45, 2.75) is 52.0 Å². The fourth-order valence-corrected chi connectivity index (χ4v) is 2.86. The molecule has 0 amide bonds. The maximum atomic E-state index is 5.98. The second-order valence-corrected chi connectivity index (χ2v) is 5.79. The van der Waals surface area contributed by atoms with Crippen LogP contribution in [0.5, 0.6) is 0 Å². The van der Waals surface area contributed by atoms with Crippen LogP contribution in [0.4, 0.5) is 5.82 Å². The Morgan fingerprint density at radius 1 is 1.42 bits per heavy atom. The summed E-state index contributed by atoms with van der Waals surface area (Å²) in [5, 5.41) is 0. The van der Waals surface area contributed by atoms with Crippen LogP contribution in [0.25, 0.3) is 0 Å². The first-order chi connectivity index (χ1) is 9.22. The summed E-state index contributed by atoms with van der Waals surface area (Å²) in [4.78, 5) is 7.03. The van der Waals surface area contributed by atoms with Gasteiger partial charge in [0.1, 0.15) is 5.82 Å². The average Bonchev–Trinajstić information content (AvgIpc) is 2.88. The fourth-order valence-electron chi connectivity index (χ4n) is 2.86. The second-order valence-electron chi connectivity index (χ2n) is 5.79. The lowest BCUT2D eigenvalue weighted by Gasteiger charge is -2.18. The summed E-state index contributed by atoms with van der Waals surface area (Å²) in [6.07, 6.45) is 7.91. The Hall–Kier alpha value is -1.09. The summed E-state index contributed by atoms with van der Waals surface area (Å²) >= 11 is 0. The van der Waals surface area contributed by atoms with E-state index < -0.39 is 0 Å². The quantitative estimate of drug-likeness (QED) is 0.856. The van der Waals surface area contributed by atoms with Crippen LogP contribution in [0.2, 0.25) is 0 Å². The van der Waals surface area contributed by atoms with Crippen LogP contribution >= 0.6 is 0 Å². The van der Waals surface area contributed by atoms with Crippen molar-refractivity contribution in [2.75, 3.05) is 18.0 Å². The Morgan fingerprint density at radius 2 is 2.26 bits per heavy atom. The van der Waals surface area contributed by atoms with Crippen molar-refractivity contribution in [3.05, 3.63) is 23.9 Å². The van der Waals surface area contributed by atoms with E-state index in [4.69, 9.17) is 5.73 Å². The van der Waals surface area contributed by atoms with Gasteiger partial charge >= 0.3 is 0 Å². The molecule has 2 rings (SSSR count). The molecule has 0 saturated carbocycles. The van der Waals surface area contributed by atoms with E-state index in [1.54, 1.807) is 0 Å². The summed E-state index contributed by atoms with van der Waals surface area (Å²) in [5.41, 5.74) is 7.23. The van der Waals surface area contributed by atoms with Gasteiger partial charge in [-0.1, -0.05) is 26.3 Å². The minimum absolute atomic E-state index is 0.258.